The molecular weight excluding hydrogens is 366 g/mol. The van der Waals surface area contributed by atoms with Crippen LogP contribution in [0.1, 0.15) is 19.4 Å². The first-order chi connectivity index (χ1) is 14.2. The van der Waals surface area contributed by atoms with Gasteiger partial charge in [-0.1, -0.05) is 12.1 Å². The van der Waals surface area contributed by atoms with Gasteiger partial charge in [0, 0.05) is 64.3 Å². The minimum atomic E-state index is -0.0587. The summed E-state index contributed by atoms with van der Waals surface area (Å²) in [6.45, 7) is 8.67. The van der Waals surface area contributed by atoms with Crippen molar-refractivity contribution in [2.45, 2.75) is 20.3 Å². The molecule has 2 heterocycles. The molecule has 0 spiro atoms. The summed E-state index contributed by atoms with van der Waals surface area (Å²) < 4.78 is 0. The van der Waals surface area contributed by atoms with Gasteiger partial charge >= 0.3 is 0 Å². The third kappa shape index (κ3) is 6.17. The molecule has 0 saturated carbocycles. The molecule has 1 aliphatic rings. The van der Waals surface area contributed by atoms with E-state index >= 15 is 0 Å². The molecular formula is C21H29N7O. The Balaban J connectivity index is 1.53. The van der Waals surface area contributed by atoms with E-state index in [2.05, 4.69) is 37.3 Å². The molecule has 1 aliphatic heterocycles. The van der Waals surface area contributed by atoms with E-state index in [4.69, 9.17) is 4.99 Å². The number of aliphatic imine (C=N–C) groups is 1. The highest BCUT2D eigenvalue weighted by molar-refractivity contribution is 5.88. The maximum Gasteiger partial charge on any atom is 0.225 e. The van der Waals surface area contributed by atoms with Crippen molar-refractivity contribution in [1.29, 1.82) is 0 Å². The van der Waals surface area contributed by atoms with Gasteiger partial charge < -0.3 is 20.4 Å². The van der Waals surface area contributed by atoms with Crippen molar-refractivity contribution in [2.24, 2.45) is 4.99 Å². The molecule has 1 saturated heterocycles. The zero-order valence-corrected chi connectivity index (χ0v) is 17.1. The van der Waals surface area contributed by atoms with Gasteiger partial charge in [-0.25, -0.2) is 9.97 Å². The molecule has 1 aromatic carbocycles. The minimum Gasteiger partial charge on any atom is -0.357 e. The predicted octanol–water partition coefficient (Wildman–Crippen LogP) is 1.77. The maximum atomic E-state index is 11.1. The highest BCUT2D eigenvalue weighted by Gasteiger charge is 2.20. The Kier molecular flexibility index (Phi) is 7.38. The quantitative estimate of drug-likeness (QED) is 0.573. The summed E-state index contributed by atoms with van der Waals surface area (Å²) in [4.78, 5) is 29.1. The van der Waals surface area contributed by atoms with Crippen LogP contribution < -0.4 is 15.5 Å². The van der Waals surface area contributed by atoms with Crippen molar-refractivity contribution in [2.75, 3.05) is 49.5 Å². The van der Waals surface area contributed by atoms with E-state index in [9.17, 15) is 4.79 Å². The molecule has 0 aliphatic carbocycles. The lowest BCUT2D eigenvalue weighted by molar-refractivity contribution is -0.114. The van der Waals surface area contributed by atoms with E-state index < -0.39 is 0 Å². The van der Waals surface area contributed by atoms with Crippen LogP contribution in [0, 0.1) is 0 Å². The van der Waals surface area contributed by atoms with Crippen LogP contribution in [0.15, 0.2) is 47.7 Å². The summed E-state index contributed by atoms with van der Waals surface area (Å²) in [7, 11) is 0. The van der Waals surface area contributed by atoms with Gasteiger partial charge in [-0.15, -0.1) is 0 Å². The van der Waals surface area contributed by atoms with E-state index in [-0.39, 0.29) is 5.91 Å². The molecule has 8 nitrogen and oxygen atoms in total. The summed E-state index contributed by atoms with van der Waals surface area (Å²) in [5, 5.41) is 6.19. The van der Waals surface area contributed by atoms with Crippen molar-refractivity contribution in [3.8, 4) is 0 Å². The molecule has 3 rings (SSSR count). The minimum absolute atomic E-state index is 0.0587. The van der Waals surface area contributed by atoms with Gasteiger partial charge in [-0.05, 0) is 37.1 Å². The van der Waals surface area contributed by atoms with Crippen LogP contribution in [-0.2, 0) is 11.2 Å². The number of guanidine groups is 1. The summed E-state index contributed by atoms with van der Waals surface area (Å²) in [6.07, 6.45) is 4.42. The predicted molar refractivity (Wildman–Crippen MR) is 116 cm³/mol. The Morgan fingerprint density at radius 2 is 1.79 bits per heavy atom. The number of benzene rings is 1. The molecule has 0 bridgehead atoms. The van der Waals surface area contributed by atoms with Crippen molar-refractivity contribution in [3.05, 3.63) is 48.3 Å². The Bertz CT molecular complexity index is 800. The SMILES string of the molecule is CCNC(=NCCc1ccc(NC(C)=O)cc1)N1CCN(c2ncccn2)CC1. The Labute approximate surface area is 172 Å². The first-order valence-corrected chi connectivity index (χ1v) is 10.1. The number of carbonyl (C=O) groups is 1. The number of hydrogen-bond donors (Lipinski definition) is 2. The number of amides is 1. The monoisotopic (exact) mass is 395 g/mol. The Morgan fingerprint density at radius 1 is 1.10 bits per heavy atom. The number of rotatable bonds is 6. The number of piperazine rings is 1. The maximum absolute atomic E-state index is 11.1. The van der Waals surface area contributed by atoms with Gasteiger partial charge in [-0.2, -0.15) is 0 Å². The number of hydrogen-bond acceptors (Lipinski definition) is 5. The fourth-order valence-electron chi connectivity index (χ4n) is 3.25. The van der Waals surface area contributed by atoms with Crippen LogP contribution >= 0.6 is 0 Å². The largest absolute Gasteiger partial charge is 0.357 e. The fourth-order valence-corrected chi connectivity index (χ4v) is 3.25. The van der Waals surface area contributed by atoms with Gasteiger partial charge in [0.2, 0.25) is 11.9 Å². The molecule has 29 heavy (non-hydrogen) atoms. The normalized spacial score (nSPS) is 14.6. The average Bonchev–Trinajstić information content (AvgIpc) is 2.75. The molecule has 0 radical (unpaired) electrons. The van der Waals surface area contributed by atoms with Gasteiger partial charge in [0.05, 0.1) is 0 Å². The van der Waals surface area contributed by atoms with Gasteiger partial charge in [0.1, 0.15) is 0 Å². The summed E-state index contributed by atoms with van der Waals surface area (Å²) in [5.41, 5.74) is 2.02. The third-order valence-electron chi connectivity index (χ3n) is 4.69. The Hall–Kier alpha value is -3.16. The fraction of sp³-hybridized carbons (Fsp3) is 0.429. The van der Waals surface area contributed by atoms with Gasteiger partial charge in [-0.3, -0.25) is 9.79 Å². The van der Waals surface area contributed by atoms with Gasteiger partial charge in [0.15, 0.2) is 5.96 Å². The topological polar surface area (TPSA) is 85.8 Å². The molecule has 154 valence electrons. The second kappa shape index (κ2) is 10.4. The lowest BCUT2D eigenvalue weighted by Crippen LogP contribution is -2.53. The average molecular weight is 396 g/mol. The van der Waals surface area contributed by atoms with E-state index in [0.29, 0.717) is 6.54 Å². The summed E-state index contributed by atoms with van der Waals surface area (Å²) in [5.74, 6) is 1.68. The highest BCUT2D eigenvalue weighted by atomic mass is 16.1. The lowest BCUT2D eigenvalue weighted by atomic mass is 10.1. The molecule has 0 atom stereocenters. The molecule has 1 aromatic heterocycles. The standard InChI is InChI=1S/C21H29N7O/c1-3-22-20(25-12-9-18-5-7-19(8-6-18)26-17(2)29)27-13-15-28(16-14-27)21-23-10-4-11-24-21/h4-8,10-11H,3,9,12-16H2,1-2H3,(H,22,25)(H,26,29). The van der Waals surface area contributed by atoms with E-state index in [1.54, 1.807) is 12.4 Å². The van der Waals surface area contributed by atoms with Crippen LogP contribution in [0.2, 0.25) is 0 Å². The zero-order valence-electron chi connectivity index (χ0n) is 17.1. The molecule has 1 fully saturated rings. The van der Waals surface area contributed by atoms with Crippen LogP contribution in [0.3, 0.4) is 0 Å². The molecule has 0 unspecified atom stereocenters. The second-order valence-corrected chi connectivity index (χ2v) is 6.89. The number of nitrogens with one attached hydrogen (secondary N) is 2. The van der Waals surface area contributed by atoms with E-state index in [1.807, 2.05) is 30.3 Å². The van der Waals surface area contributed by atoms with Gasteiger partial charge in [0.25, 0.3) is 0 Å². The smallest absolute Gasteiger partial charge is 0.225 e. The number of carbonyl (C=O) groups excluding carboxylic acids is 1. The van der Waals surface area contributed by atoms with E-state index in [0.717, 1.165) is 56.7 Å². The molecule has 1 amide bonds. The number of nitrogens with zero attached hydrogens (tertiary/aromatic N) is 5. The lowest BCUT2D eigenvalue weighted by Gasteiger charge is -2.36. The second-order valence-electron chi connectivity index (χ2n) is 6.89. The summed E-state index contributed by atoms with van der Waals surface area (Å²) >= 11 is 0. The molecule has 2 aromatic rings. The molecule has 8 heteroatoms. The number of anilines is 2. The summed E-state index contributed by atoms with van der Waals surface area (Å²) in [6, 6.07) is 9.76. The third-order valence-corrected chi connectivity index (χ3v) is 4.69. The van der Waals surface area contributed by atoms with E-state index in [1.165, 1.54) is 12.5 Å². The molecule has 2 N–H and O–H groups in total. The van der Waals surface area contributed by atoms with Crippen LogP contribution in [0.4, 0.5) is 11.6 Å². The van der Waals surface area contributed by atoms with Crippen LogP contribution in [0.25, 0.3) is 0 Å². The first kappa shape index (κ1) is 20.6. The first-order valence-electron chi connectivity index (χ1n) is 10.1. The Morgan fingerprint density at radius 3 is 2.41 bits per heavy atom. The van der Waals surface area contributed by atoms with Crippen molar-refractivity contribution in [1.82, 2.24) is 20.2 Å². The van der Waals surface area contributed by atoms with Crippen molar-refractivity contribution < 1.29 is 4.79 Å². The highest BCUT2D eigenvalue weighted by Crippen LogP contribution is 2.11. The zero-order chi connectivity index (χ0) is 20.5. The van der Waals surface area contributed by atoms with Crippen molar-refractivity contribution >= 4 is 23.5 Å². The van der Waals surface area contributed by atoms with Crippen molar-refractivity contribution in [3.63, 3.8) is 0 Å². The number of aromatic nitrogens is 2. The van der Waals surface area contributed by atoms with Crippen LogP contribution in [0.5, 0.6) is 0 Å². The van der Waals surface area contributed by atoms with Crippen LogP contribution in [-0.4, -0.2) is 66.0 Å².